The Morgan fingerprint density at radius 2 is 2.00 bits per heavy atom. The maximum atomic E-state index is 13.7. The molecule has 2 aromatic rings. The molecule has 2 atom stereocenters. The van der Waals surface area contributed by atoms with Crippen molar-refractivity contribution in [1.82, 2.24) is 9.97 Å². The summed E-state index contributed by atoms with van der Waals surface area (Å²) in [6.07, 6.45) is 4.08. The number of nitrogens with zero attached hydrogens (tertiary/aromatic N) is 2. The monoisotopic (exact) mass is 431 g/mol. The van der Waals surface area contributed by atoms with E-state index < -0.39 is 23.6 Å². The first-order chi connectivity index (χ1) is 14.8. The van der Waals surface area contributed by atoms with Gasteiger partial charge in [0.05, 0.1) is 24.3 Å². The van der Waals surface area contributed by atoms with Crippen LogP contribution in [0.4, 0.5) is 8.78 Å². The molecule has 1 aliphatic rings. The molecule has 1 aromatic heterocycles. The van der Waals surface area contributed by atoms with Crippen molar-refractivity contribution in [3.63, 3.8) is 0 Å². The number of carbonyl (C=O) groups is 2. The summed E-state index contributed by atoms with van der Waals surface area (Å²) in [5.41, 5.74) is 8.57. The van der Waals surface area contributed by atoms with Gasteiger partial charge < -0.3 is 10.5 Å². The number of rotatable bonds is 9. The van der Waals surface area contributed by atoms with Crippen molar-refractivity contribution in [1.29, 1.82) is 0 Å². The average Bonchev–Trinajstić information content (AvgIpc) is 3.11. The lowest BCUT2D eigenvalue weighted by atomic mass is 9.90. The number of halogens is 2. The van der Waals surface area contributed by atoms with Crippen molar-refractivity contribution in [2.45, 2.75) is 64.3 Å². The van der Waals surface area contributed by atoms with Gasteiger partial charge in [-0.2, -0.15) is 0 Å². The van der Waals surface area contributed by atoms with Gasteiger partial charge in [-0.3, -0.25) is 4.79 Å². The molecule has 1 heterocycles. The summed E-state index contributed by atoms with van der Waals surface area (Å²) in [6.45, 7) is 3.94. The van der Waals surface area contributed by atoms with Gasteiger partial charge in [-0.1, -0.05) is 13.3 Å². The van der Waals surface area contributed by atoms with Crippen molar-refractivity contribution in [3.05, 3.63) is 58.2 Å². The molecule has 0 amide bonds. The first-order valence-electron chi connectivity index (χ1n) is 10.6. The Hall–Kier alpha value is -2.74. The summed E-state index contributed by atoms with van der Waals surface area (Å²) in [6, 6.07) is 1.90. The summed E-state index contributed by atoms with van der Waals surface area (Å²) in [4.78, 5) is 33.3. The Kier molecular flexibility index (Phi) is 7.43. The summed E-state index contributed by atoms with van der Waals surface area (Å²) in [5.74, 6) is -2.26. The molecule has 0 fully saturated rings. The third-order valence-electron chi connectivity index (χ3n) is 5.54. The highest BCUT2D eigenvalue weighted by molar-refractivity contribution is 5.90. The molecule has 8 heteroatoms. The fraction of sp³-hybridized carbons (Fsp3) is 0.478. The SMILES string of the molecule is CCCc1nc(CC(=O)CC(N)C2CCc3cc(F)c(F)cc32)ncc1C(=O)OCC. The number of aryl methyl sites for hydroxylation is 2. The molecule has 0 spiro atoms. The molecule has 1 aromatic carbocycles. The van der Waals surface area contributed by atoms with Crippen molar-refractivity contribution < 1.29 is 23.1 Å². The van der Waals surface area contributed by atoms with E-state index in [0.717, 1.165) is 12.0 Å². The molecule has 0 radical (unpaired) electrons. The summed E-state index contributed by atoms with van der Waals surface area (Å²) in [7, 11) is 0. The van der Waals surface area contributed by atoms with Gasteiger partial charge >= 0.3 is 5.97 Å². The zero-order chi connectivity index (χ0) is 22.5. The molecular weight excluding hydrogens is 404 g/mol. The van der Waals surface area contributed by atoms with Gasteiger partial charge in [-0.25, -0.2) is 23.5 Å². The number of hydrogen-bond acceptors (Lipinski definition) is 6. The second-order valence-electron chi connectivity index (χ2n) is 7.81. The van der Waals surface area contributed by atoms with E-state index in [9.17, 15) is 18.4 Å². The first-order valence-corrected chi connectivity index (χ1v) is 10.6. The Balaban J connectivity index is 1.68. The van der Waals surface area contributed by atoms with Crippen molar-refractivity contribution in [3.8, 4) is 0 Å². The number of nitrogens with two attached hydrogens (primary N) is 1. The minimum absolute atomic E-state index is 0.00905. The zero-order valence-electron chi connectivity index (χ0n) is 17.8. The average molecular weight is 431 g/mol. The van der Waals surface area contributed by atoms with Crippen LogP contribution in [-0.4, -0.2) is 34.4 Å². The van der Waals surface area contributed by atoms with Gasteiger partial charge in [0.15, 0.2) is 11.6 Å². The van der Waals surface area contributed by atoms with E-state index in [0.29, 0.717) is 41.9 Å². The number of carbonyl (C=O) groups excluding carboxylic acids is 2. The normalized spacial score (nSPS) is 16.1. The highest BCUT2D eigenvalue weighted by Gasteiger charge is 2.30. The van der Waals surface area contributed by atoms with Gasteiger partial charge in [-0.05, 0) is 49.4 Å². The number of ether oxygens (including phenoxy) is 1. The van der Waals surface area contributed by atoms with Crippen LogP contribution in [-0.2, 0) is 28.8 Å². The number of hydrogen-bond donors (Lipinski definition) is 1. The van der Waals surface area contributed by atoms with Gasteiger partial charge in [-0.15, -0.1) is 0 Å². The summed E-state index contributed by atoms with van der Waals surface area (Å²) >= 11 is 0. The van der Waals surface area contributed by atoms with Crippen molar-refractivity contribution >= 4 is 11.8 Å². The van der Waals surface area contributed by atoms with E-state index in [1.165, 1.54) is 18.3 Å². The molecule has 0 aliphatic heterocycles. The fourth-order valence-corrected chi connectivity index (χ4v) is 4.08. The molecule has 0 saturated heterocycles. The minimum Gasteiger partial charge on any atom is -0.462 e. The number of benzene rings is 1. The maximum Gasteiger partial charge on any atom is 0.341 e. The quantitative estimate of drug-likeness (QED) is 0.611. The van der Waals surface area contributed by atoms with E-state index in [-0.39, 0.29) is 31.1 Å². The lowest BCUT2D eigenvalue weighted by Crippen LogP contribution is -2.31. The second kappa shape index (κ2) is 10.0. The van der Waals surface area contributed by atoms with Crippen LogP contribution in [0.1, 0.15) is 72.0 Å². The molecule has 6 nitrogen and oxygen atoms in total. The molecule has 166 valence electrons. The Morgan fingerprint density at radius 3 is 2.71 bits per heavy atom. The van der Waals surface area contributed by atoms with Gasteiger partial charge in [0.2, 0.25) is 0 Å². The van der Waals surface area contributed by atoms with E-state index in [4.69, 9.17) is 10.5 Å². The standard InChI is InChI=1S/C23H27F2N3O3/c1-3-5-21-17(23(30)31-4-2)12-27-22(28-21)10-14(29)9-20(26)15-7-6-13-8-18(24)19(25)11-16(13)15/h8,11-12,15,20H,3-7,9-10,26H2,1-2H3. The molecule has 31 heavy (non-hydrogen) atoms. The minimum atomic E-state index is -0.900. The number of esters is 1. The Labute approximate surface area is 180 Å². The molecule has 1 aliphatic carbocycles. The fourth-order valence-electron chi connectivity index (χ4n) is 4.08. The first kappa shape index (κ1) is 22.9. The van der Waals surface area contributed by atoms with Gasteiger partial charge in [0.25, 0.3) is 0 Å². The molecule has 2 N–H and O–H groups in total. The van der Waals surface area contributed by atoms with E-state index in [1.54, 1.807) is 6.92 Å². The lowest BCUT2D eigenvalue weighted by Gasteiger charge is -2.20. The third-order valence-corrected chi connectivity index (χ3v) is 5.54. The van der Waals surface area contributed by atoms with E-state index >= 15 is 0 Å². The van der Waals surface area contributed by atoms with Crippen molar-refractivity contribution in [2.24, 2.45) is 5.73 Å². The molecule has 0 saturated carbocycles. The number of aromatic nitrogens is 2. The van der Waals surface area contributed by atoms with Crippen LogP contribution in [0.15, 0.2) is 18.3 Å². The predicted molar refractivity (Wildman–Crippen MR) is 111 cm³/mol. The highest BCUT2D eigenvalue weighted by atomic mass is 19.2. The summed E-state index contributed by atoms with van der Waals surface area (Å²) < 4.78 is 32.2. The molecule has 3 rings (SSSR count). The van der Waals surface area contributed by atoms with E-state index in [2.05, 4.69) is 9.97 Å². The van der Waals surface area contributed by atoms with Gasteiger partial charge in [0, 0.05) is 24.6 Å². The zero-order valence-corrected chi connectivity index (χ0v) is 17.8. The van der Waals surface area contributed by atoms with Crippen LogP contribution in [0, 0.1) is 11.6 Å². The van der Waals surface area contributed by atoms with Crippen LogP contribution >= 0.6 is 0 Å². The Morgan fingerprint density at radius 1 is 1.26 bits per heavy atom. The van der Waals surface area contributed by atoms with Gasteiger partial charge in [0.1, 0.15) is 11.6 Å². The number of Topliss-reactive ketones (excluding diaryl/α,β-unsaturated/α-hetero) is 1. The van der Waals surface area contributed by atoms with E-state index in [1.807, 2.05) is 6.92 Å². The van der Waals surface area contributed by atoms with Crippen LogP contribution in [0.25, 0.3) is 0 Å². The molecule has 2 unspecified atom stereocenters. The number of ketones is 1. The molecular formula is C23H27F2N3O3. The Bertz CT molecular complexity index is 981. The van der Waals surface area contributed by atoms with Crippen molar-refractivity contribution in [2.75, 3.05) is 6.61 Å². The smallest absolute Gasteiger partial charge is 0.341 e. The van der Waals surface area contributed by atoms with Crippen LogP contribution in [0.3, 0.4) is 0 Å². The van der Waals surface area contributed by atoms with Crippen LogP contribution in [0.2, 0.25) is 0 Å². The largest absolute Gasteiger partial charge is 0.462 e. The molecule has 0 bridgehead atoms. The maximum absolute atomic E-state index is 13.7. The van der Waals surface area contributed by atoms with Crippen LogP contribution < -0.4 is 5.73 Å². The number of fused-ring (bicyclic) bond motifs is 1. The second-order valence-corrected chi connectivity index (χ2v) is 7.81. The lowest BCUT2D eigenvalue weighted by molar-refractivity contribution is -0.119. The third kappa shape index (κ3) is 5.31. The highest BCUT2D eigenvalue weighted by Crippen LogP contribution is 2.37. The summed E-state index contributed by atoms with van der Waals surface area (Å²) in [5, 5.41) is 0. The topological polar surface area (TPSA) is 95.2 Å². The van der Waals surface area contributed by atoms with Crippen LogP contribution in [0.5, 0.6) is 0 Å². The predicted octanol–water partition coefficient (Wildman–Crippen LogP) is 3.44.